The molecule has 4 heteroatoms. The molecule has 98 valence electrons. The van der Waals surface area contributed by atoms with Gasteiger partial charge in [0.1, 0.15) is 6.10 Å². The fraction of sp³-hybridized carbons (Fsp3) is 0.769. The first-order chi connectivity index (χ1) is 7.99. The molecule has 1 atom stereocenters. The molecule has 1 N–H and O–H groups in total. The van der Waals surface area contributed by atoms with Crippen molar-refractivity contribution in [3.8, 4) is 5.75 Å². The summed E-state index contributed by atoms with van der Waals surface area (Å²) in [6, 6.07) is 0. The van der Waals surface area contributed by atoms with Gasteiger partial charge in [0.05, 0.1) is 12.4 Å². The zero-order chi connectivity index (χ0) is 12.8. The van der Waals surface area contributed by atoms with Gasteiger partial charge in [-0.15, -0.1) is 0 Å². The van der Waals surface area contributed by atoms with Gasteiger partial charge in [0.15, 0.2) is 5.75 Å². The zero-order valence-electron chi connectivity index (χ0n) is 11.6. The minimum absolute atomic E-state index is 0.193. The van der Waals surface area contributed by atoms with E-state index in [1.54, 1.807) is 10.9 Å². The van der Waals surface area contributed by atoms with Crippen LogP contribution in [0.1, 0.15) is 27.7 Å². The van der Waals surface area contributed by atoms with Crippen molar-refractivity contribution in [2.24, 2.45) is 18.9 Å². The predicted octanol–water partition coefficient (Wildman–Crippen LogP) is 2.07. The van der Waals surface area contributed by atoms with Crippen molar-refractivity contribution >= 4 is 0 Å². The van der Waals surface area contributed by atoms with Crippen LogP contribution in [0.25, 0.3) is 0 Å². The van der Waals surface area contributed by atoms with Gasteiger partial charge >= 0.3 is 0 Å². The van der Waals surface area contributed by atoms with Gasteiger partial charge in [-0.2, -0.15) is 5.10 Å². The molecule has 0 radical (unpaired) electrons. The Balaban J connectivity index is 2.43. The standard InChI is InChI=1S/C13H25N3O/c1-10(2)6-14-8-13(11(3)4)17-12-7-15-16(5)9-12/h7,9-11,13-14H,6,8H2,1-5H3. The number of rotatable bonds is 7. The second kappa shape index (κ2) is 6.64. The third-order valence-electron chi connectivity index (χ3n) is 2.61. The molecule has 0 spiro atoms. The number of hydrogen-bond donors (Lipinski definition) is 1. The average Bonchev–Trinajstić information content (AvgIpc) is 2.62. The topological polar surface area (TPSA) is 39.1 Å². The Bertz CT molecular complexity index is 320. The Labute approximate surface area is 104 Å². The van der Waals surface area contributed by atoms with Crippen LogP contribution in [0.4, 0.5) is 0 Å². The molecule has 0 amide bonds. The number of aryl methyl sites for hydroxylation is 1. The summed E-state index contributed by atoms with van der Waals surface area (Å²) >= 11 is 0. The third kappa shape index (κ3) is 5.22. The van der Waals surface area contributed by atoms with E-state index in [1.165, 1.54) is 0 Å². The van der Waals surface area contributed by atoms with Crippen LogP contribution in [0, 0.1) is 11.8 Å². The van der Waals surface area contributed by atoms with Gasteiger partial charge in [-0.25, -0.2) is 0 Å². The van der Waals surface area contributed by atoms with E-state index in [1.807, 2.05) is 13.2 Å². The highest BCUT2D eigenvalue weighted by Crippen LogP contribution is 2.14. The first-order valence-electron chi connectivity index (χ1n) is 6.35. The molecule has 17 heavy (non-hydrogen) atoms. The average molecular weight is 239 g/mol. The minimum Gasteiger partial charge on any atom is -0.486 e. The lowest BCUT2D eigenvalue weighted by molar-refractivity contribution is 0.148. The Hall–Kier alpha value is -1.03. The quantitative estimate of drug-likeness (QED) is 0.791. The van der Waals surface area contributed by atoms with Gasteiger partial charge < -0.3 is 10.1 Å². The van der Waals surface area contributed by atoms with Gasteiger partial charge in [-0.05, 0) is 18.4 Å². The maximum atomic E-state index is 5.93. The minimum atomic E-state index is 0.193. The van der Waals surface area contributed by atoms with Crippen LogP contribution < -0.4 is 10.1 Å². The SMILES string of the molecule is CC(C)CNCC(Oc1cnn(C)c1)C(C)C. The summed E-state index contributed by atoms with van der Waals surface area (Å²) in [6.07, 6.45) is 3.85. The van der Waals surface area contributed by atoms with Crippen LogP contribution in [-0.2, 0) is 7.05 Å². The van der Waals surface area contributed by atoms with E-state index >= 15 is 0 Å². The summed E-state index contributed by atoms with van der Waals surface area (Å²) in [5.74, 6) is 1.99. The smallest absolute Gasteiger partial charge is 0.157 e. The molecule has 1 aromatic heterocycles. The number of nitrogens with one attached hydrogen (secondary N) is 1. The normalized spacial score (nSPS) is 13.4. The summed E-state index contributed by atoms with van der Waals surface area (Å²) in [5, 5.41) is 7.55. The Morgan fingerprint density at radius 1 is 1.29 bits per heavy atom. The molecule has 0 fully saturated rings. The van der Waals surface area contributed by atoms with E-state index in [0.29, 0.717) is 11.8 Å². The van der Waals surface area contributed by atoms with Crippen LogP contribution in [0.5, 0.6) is 5.75 Å². The molecule has 0 aromatic carbocycles. The lowest BCUT2D eigenvalue weighted by Crippen LogP contribution is -2.36. The number of ether oxygens (including phenoxy) is 1. The van der Waals surface area contributed by atoms with Gasteiger partial charge in [-0.3, -0.25) is 4.68 Å². The van der Waals surface area contributed by atoms with Crippen LogP contribution in [0.3, 0.4) is 0 Å². The summed E-state index contributed by atoms with van der Waals surface area (Å²) in [6.45, 7) is 10.7. The highest BCUT2D eigenvalue weighted by Gasteiger charge is 2.15. The van der Waals surface area contributed by atoms with Crippen molar-refractivity contribution in [1.82, 2.24) is 15.1 Å². The summed E-state index contributed by atoms with van der Waals surface area (Å²) in [7, 11) is 1.90. The maximum Gasteiger partial charge on any atom is 0.157 e. The van der Waals surface area contributed by atoms with Crippen LogP contribution in [0.2, 0.25) is 0 Å². The van der Waals surface area contributed by atoms with Crippen molar-refractivity contribution in [1.29, 1.82) is 0 Å². The Morgan fingerprint density at radius 2 is 2.00 bits per heavy atom. The molecule has 0 aliphatic rings. The van der Waals surface area contributed by atoms with Crippen molar-refractivity contribution in [2.45, 2.75) is 33.8 Å². The second-order valence-electron chi connectivity index (χ2n) is 5.30. The van der Waals surface area contributed by atoms with E-state index in [4.69, 9.17) is 4.74 Å². The van der Waals surface area contributed by atoms with Crippen molar-refractivity contribution < 1.29 is 4.74 Å². The van der Waals surface area contributed by atoms with Crippen LogP contribution in [-0.4, -0.2) is 29.0 Å². The molecule has 4 nitrogen and oxygen atoms in total. The monoisotopic (exact) mass is 239 g/mol. The van der Waals surface area contributed by atoms with Crippen molar-refractivity contribution in [2.75, 3.05) is 13.1 Å². The van der Waals surface area contributed by atoms with Crippen molar-refractivity contribution in [3.63, 3.8) is 0 Å². The molecule has 0 aliphatic heterocycles. The molecule has 1 rings (SSSR count). The molecule has 1 heterocycles. The Morgan fingerprint density at radius 3 is 2.47 bits per heavy atom. The summed E-state index contributed by atoms with van der Waals surface area (Å²) in [4.78, 5) is 0. The summed E-state index contributed by atoms with van der Waals surface area (Å²) < 4.78 is 7.69. The number of nitrogens with zero attached hydrogens (tertiary/aromatic N) is 2. The van der Waals surface area contributed by atoms with E-state index in [0.717, 1.165) is 18.8 Å². The van der Waals surface area contributed by atoms with Gasteiger partial charge in [0.25, 0.3) is 0 Å². The molecule has 0 saturated heterocycles. The fourth-order valence-electron chi connectivity index (χ4n) is 1.56. The summed E-state index contributed by atoms with van der Waals surface area (Å²) in [5.41, 5.74) is 0. The van der Waals surface area contributed by atoms with Gasteiger partial charge in [0, 0.05) is 13.6 Å². The molecule has 0 bridgehead atoms. The first-order valence-corrected chi connectivity index (χ1v) is 6.35. The Kier molecular flexibility index (Phi) is 5.48. The van der Waals surface area contributed by atoms with Gasteiger partial charge in [0.2, 0.25) is 0 Å². The molecule has 0 aliphatic carbocycles. The van der Waals surface area contributed by atoms with E-state index in [9.17, 15) is 0 Å². The highest BCUT2D eigenvalue weighted by atomic mass is 16.5. The molecule has 1 aromatic rings. The lowest BCUT2D eigenvalue weighted by Gasteiger charge is -2.22. The highest BCUT2D eigenvalue weighted by molar-refractivity contribution is 5.12. The van der Waals surface area contributed by atoms with Gasteiger partial charge in [-0.1, -0.05) is 27.7 Å². The lowest BCUT2D eigenvalue weighted by atomic mass is 10.1. The second-order valence-corrected chi connectivity index (χ2v) is 5.30. The number of hydrogen-bond acceptors (Lipinski definition) is 3. The maximum absolute atomic E-state index is 5.93. The van der Waals surface area contributed by atoms with Crippen LogP contribution >= 0.6 is 0 Å². The first kappa shape index (κ1) is 14.0. The molecular formula is C13H25N3O. The van der Waals surface area contributed by atoms with Crippen molar-refractivity contribution in [3.05, 3.63) is 12.4 Å². The fourth-order valence-corrected chi connectivity index (χ4v) is 1.56. The van der Waals surface area contributed by atoms with Crippen LogP contribution in [0.15, 0.2) is 12.4 Å². The zero-order valence-corrected chi connectivity index (χ0v) is 11.6. The van der Waals surface area contributed by atoms with E-state index < -0.39 is 0 Å². The third-order valence-corrected chi connectivity index (χ3v) is 2.61. The molecular weight excluding hydrogens is 214 g/mol. The van der Waals surface area contributed by atoms with E-state index in [2.05, 4.69) is 38.1 Å². The largest absolute Gasteiger partial charge is 0.486 e. The predicted molar refractivity (Wildman–Crippen MR) is 70.2 cm³/mol. The molecule has 0 saturated carbocycles. The van der Waals surface area contributed by atoms with E-state index in [-0.39, 0.29) is 6.10 Å². The number of aromatic nitrogens is 2. The molecule has 1 unspecified atom stereocenters.